The molecule has 0 unspecified atom stereocenters. The zero-order valence-corrected chi connectivity index (χ0v) is 10.8. The number of nitrogens with two attached hydrogens (primary N) is 2. The van der Waals surface area contributed by atoms with E-state index >= 15 is 0 Å². The zero-order valence-electron chi connectivity index (χ0n) is 10.8. The molecule has 0 bridgehead atoms. The standard InChI is InChI=1S/C13H11N7O/c14-9-3-1-8(2-4-9)13-16-7-20(19-13)11-6-5-10(12(15)21)17-18-11/h1-7H,14H2,(H2,15,21). The highest BCUT2D eigenvalue weighted by Crippen LogP contribution is 2.16. The number of nitrogens with zero attached hydrogens (tertiary/aromatic N) is 5. The fourth-order valence-corrected chi connectivity index (χ4v) is 1.72. The van der Waals surface area contributed by atoms with Crippen molar-refractivity contribution in [2.45, 2.75) is 0 Å². The normalized spacial score (nSPS) is 10.5. The highest BCUT2D eigenvalue weighted by atomic mass is 16.1. The van der Waals surface area contributed by atoms with E-state index in [1.165, 1.54) is 17.1 Å². The zero-order chi connectivity index (χ0) is 14.8. The van der Waals surface area contributed by atoms with E-state index in [1.54, 1.807) is 18.2 Å². The van der Waals surface area contributed by atoms with Crippen molar-refractivity contribution in [3.63, 3.8) is 0 Å². The summed E-state index contributed by atoms with van der Waals surface area (Å²) in [6.07, 6.45) is 1.51. The second-order valence-corrected chi connectivity index (χ2v) is 4.28. The highest BCUT2D eigenvalue weighted by Gasteiger charge is 2.08. The Morgan fingerprint density at radius 3 is 2.43 bits per heavy atom. The number of carbonyl (C=O) groups excluding carboxylic acids is 1. The molecule has 0 spiro atoms. The number of aromatic nitrogens is 5. The van der Waals surface area contributed by atoms with E-state index in [1.807, 2.05) is 12.1 Å². The van der Waals surface area contributed by atoms with Crippen LogP contribution in [-0.4, -0.2) is 30.9 Å². The number of hydrogen-bond acceptors (Lipinski definition) is 6. The molecule has 2 heterocycles. The largest absolute Gasteiger partial charge is 0.399 e. The van der Waals surface area contributed by atoms with Crippen molar-refractivity contribution in [1.82, 2.24) is 25.0 Å². The first kappa shape index (κ1) is 12.7. The second-order valence-electron chi connectivity index (χ2n) is 4.28. The van der Waals surface area contributed by atoms with Crippen LogP contribution >= 0.6 is 0 Å². The molecule has 3 rings (SSSR count). The molecular weight excluding hydrogens is 270 g/mol. The summed E-state index contributed by atoms with van der Waals surface area (Å²) in [6, 6.07) is 10.3. The van der Waals surface area contributed by atoms with Gasteiger partial charge in [-0.05, 0) is 36.4 Å². The van der Waals surface area contributed by atoms with Gasteiger partial charge in [0.25, 0.3) is 5.91 Å². The molecule has 21 heavy (non-hydrogen) atoms. The van der Waals surface area contributed by atoms with Gasteiger partial charge in [0.15, 0.2) is 17.3 Å². The minimum absolute atomic E-state index is 0.0950. The maximum atomic E-state index is 10.9. The Bertz CT molecular complexity index is 777. The van der Waals surface area contributed by atoms with Gasteiger partial charge in [-0.1, -0.05) is 0 Å². The molecule has 8 heteroatoms. The molecule has 0 saturated carbocycles. The van der Waals surface area contributed by atoms with Crippen molar-refractivity contribution in [3.05, 3.63) is 48.4 Å². The molecule has 1 aromatic carbocycles. The lowest BCUT2D eigenvalue weighted by atomic mass is 10.2. The predicted octanol–water partition coefficient (Wildman–Crippen LogP) is 0.405. The van der Waals surface area contributed by atoms with Gasteiger partial charge in [-0.2, -0.15) is 0 Å². The molecule has 4 N–H and O–H groups in total. The molecule has 3 aromatic rings. The van der Waals surface area contributed by atoms with E-state index in [9.17, 15) is 4.79 Å². The van der Waals surface area contributed by atoms with Gasteiger partial charge >= 0.3 is 0 Å². The van der Waals surface area contributed by atoms with Crippen molar-refractivity contribution < 1.29 is 4.79 Å². The minimum Gasteiger partial charge on any atom is -0.399 e. The Morgan fingerprint density at radius 2 is 1.81 bits per heavy atom. The average molecular weight is 281 g/mol. The van der Waals surface area contributed by atoms with Crippen LogP contribution in [0.3, 0.4) is 0 Å². The Labute approximate surface area is 119 Å². The third kappa shape index (κ3) is 2.54. The van der Waals surface area contributed by atoms with Crippen LogP contribution in [0, 0.1) is 0 Å². The number of benzene rings is 1. The van der Waals surface area contributed by atoms with Gasteiger partial charge in [-0.15, -0.1) is 15.3 Å². The van der Waals surface area contributed by atoms with Crippen molar-refractivity contribution in [1.29, 1.82) is 0 Å². The van der Waals surface area contributed by atoms with Crippen molar-refractivity contribution in [2.24, 2.45) is 5.73 Å². The van der Waals surface area contributed by atoms with Gasteiger partial charge in [0.1, 0.15) is 6.33 Å². The lowest BCUT2D eigenvalue weighted by molar-refractivity contribution is 0.0994. The summed E-state index contributed by atoms with van der Waals surface area (Å²) < 4.78 is 1.46. The Balaban J connectivity index is 1.90. The van der Waals surface area contributed by atoms with Crippen LogP contribution in [0.2, 0.25) is 0 Å². The predicted molar refractivity (Wildman–Crippen MR) is 75.3 cm³/mol. The maximum Gasteiger partial charge on any atom is 0.269 e. The van der Waals surface area contributed by atoms with Gasteiger partial charge in [0.05, 0.1) is 0 Å². The molecular formula is C13H11N7O. The molecule has 0 fully saturated rings. The number of carbonyl (C=O) groups is 1. The smallest absolute Gasteiger partial charge is 0.269 e. The van der Waals surface area contributed by atoms with E-state index in [0.717, 1.165) is 5.56 Å². The first-order chi connectivity index (χ1) is 10.1. The van der Waals surface area contributed by atoms with Crippen LogP contribution in [0.4, 0.5) is 5.69 Å². The quantitative estimate of drug-likeness (QED) is 0.669. The van der Waals surface area contributed by atoms with Crippen molar-refractivity contribution >= 4 is 11.6 Å². The molecule has 0 radical (unpaired) electrons. The lowest BCUT2D eigenvalue weighted by Crippen LogP contribution is -2.14. The fraction of sp³-hybridized carbons (Fsp3) is 0. The molecule has 0 atom stereocenters. The monoisotopic (exact) mass is 281 g/mol. The molecule has 0 saturated heterocycles. The van der Waals surface area contributed by atoms with E-state index < -0.39 is 5.91 Å². The first-order valence-corrected chi connectivity index (χ1v) is 6.05. The highest BCUT2D eigenvalue weighted by molar-refractivity contribution is 5.90. The van der Waals surface area contributed by atoms with Gasteiger partial charge in [-0.25, -0.2) is 9.67 Å². The summed E-state index contributed by atoms with van der Waals surface area (Å²) in [6.45, 7) is 0. The van der Waals surface area contributed by atoms with Crippen LogP contribution in [0.5, 0.6) is 0 Å². The third-order valence-corrected chi connectivity index (χ3v) is 2.80. The van der Waals surface area contributed by atoms with Crippen LogP contribution in [0.25, 0.3) is 17.2 Å². The molecule has 0 aliphatic heterocycles. The van der Waals surface area contributed by atoms with E-state index in [0.29, 0.717) is 17.3 Å². The fourth-order valence-electron chi connectivity index (χ4n) is 1.72. The van der Waals surface area contributed by atoms with Gasteiger partial charge < -0.3 is 11.5 Å². The van der Waals surface area contributed by atoms with E-state index in [-0.39, 0.29) is 5.69 Å². The number of primary amides is 1. The average Bonchev–Trinajstić information content (AvgIpc) is 2.98. The third-order valence-electron chi connectivity index (χ3n) is 2.80. The molecule has 2 aromatic heterocycles. The molecule has 0 aliphatic rings. The molecule has 8 nitrogen and oxygen atoms in total. The summed E-state index contributed by atoms with van der Waals surface area (Å²) in [7, 11) is 0. The Hall–Kier alpha value is -3.29. The number of anilines is 1. The van der Waals surface area contributed by atoms with Crippen LogP contribution in [-0.2, 0) is 0 Å². The van der Waals surface area contributed by atoms with Crippen molar-refractivity contribution in [2.75, 3.05) is 5.73 Å². The number of hydrogen-bond donors (Lipinski definition) is 2. The first-order valence-electron chi connectivity index (χ1n) is 6.05. The van der Waals surface area contributed by atoms with Gasteiger partial charge in [-0.3, -0.25) is 4.79 Å². The van der Waals surface area contributed by atoms with E-state index in [4.69, 9.17) is 11.5 Å². The lowest BCUT2D eigenvalue weighted by Gasteiger charge is -1.99. The van der Waals surface area contributed by atoms with Crippen LogP contribution < -0.4 is 11.5 Å². The Kier molecular flexibility index (Phi) is 3.03. The number of rotatable bonds is 3. The van der Waals surface area contributed by atoms with Crippen LogP contribution in [0.1, 0.15) is 10.5 Å². The van der Waals surface area contributed by atoms with Gasteiger partial charge in [0, 0.05) is 11.3 Å². The Morgan fingerprint density at radius 1 is 1.05 bits per heavy atom. The number of nitrogen functional groups attached to an aromatic ring is 1. The second kappa shape index (κ2) is 5.00. The van der Waals surface area contributed by atoms with Crippen LogP contribution in [0.15, 0.2) is 42.7 Å². The SMILES string of the molecule is NC(=O)c1ccc(-n2cnc(-c3ccc(N)cc3)n2)nn1. The summed E-state index contributed by atoms with van der Waals surface area (Å²) in [5, 5.41) is 11.9. The number of amides is 1. The molecule has 104 valence electrons. The topological polar surface area (TPSA) is 126 Å². The van der Waals surface area contributed by atoms with Crippen molar-refractivity contribution in [3.8, 4) is 17.2 Å². The summed E-state index contributed by atoms with van der Waals surface area (Å²) in [4.78, 5) is 15.1. The van der Waals surface area contributed by atoms with E-state index in [2.05, 4.69) is 20.3 Å². The molecule has 0 aliphatic carbocycles. The maximum absolute atomic E-state index is 10.9. The summed E-state index contributed by atoms with van der Waals surface area (Å²) in [5.74, 6) is 0.347. The molecule has 1 amide bonds. The van der Waals surface area contributed by atoms with Gasteiger partial charge in [0.2, 0.25) is 0 Å². The minimum atomic E-state index is -0.629. The summed E-state index contributed by atoms with van der Waals surface area (Å²) in [5.41, 5.74) is 12.4. The summed E-state index contributed by atoms with van der Waals surface area (Å²) >= 11 is 0.